The fourth-order valence-electron chi connectivity index (χ4n) is 5.08. The van der Waals surface area contributed by atoms with E-state index in [-0.39, 0.29) is 31.1 Å². The molecule has 1 saturated carbocycles. The van der Waals surface area contributed by atoms with Crippen LogP contribution in [-0.2, 0) is 32.1 Å². The Bertz CT molecular complexity index is 1100. The van der Waals surface area contributed by atoms with Gasteiger partial charge in [0.1, 0.15) is 30.0 Å². The quantitative estimate of drug-likeness (QED) is 0.421. The zero-order valence-electron chi connectivity index (χ0n) is 21.7. The minimum atomic E-state index is -1.08. The van der Waals surface area contributed by atoms with E-state index in [4.69, 9.17) is 18.9 Å². The van der Waals surface area contributed by atoms with Gasteiger partial charge in [-0.05, 0) is 42.5 Å². The molecule has 3 unspecified atom stereocenters. The fourth-order valence-corrected chi connectivity index (χ4v) is 5.08. The first-order valence-electron chi connectivity index (χ1n) is 12.5. The van der Waals surface area contributed by atoms with Crippen molar-refractivity contribution in [1.29, 1.82) is 0 Å². The van der Waals surface area contributed by atoms with Gasteiger partial charge in [-0.15, -0.1) is 0 Å². The van der Waals surface area contributed by atoms with Gasteiger partial charge < -0.3 is 29.6 Å². The number of esters is 1. The summed E-state index contributed by atoms with van der Waals surface area (Å²) in [6, 6.07) is 10.8. The number of halogens is 1. The highest BCUT2D eigenvalue weighted by molar-refractivity contribution is 5.86. The van der Waals surface area contributed by atoms with Gasteiger partial charge in [0, 0.05) is 37.2 Å². The molecule has 1 amide bonds. The van der Waals surface area contributed by atoms with Gasteiger partial charge in [-0.25, -0.2) is 9.18 Å². The van der Waals surface area contributed by atoms with Gasteiger partial charge in [-0.3, -0.25) is 4.79 Å². The molecule has 0 spiro atoms. The Kier molecular flexibility index (Phi) is 8.66. The summed E-state index contributed by atoms with van der Waals surface area (Å²) in [6.07, 6.45) is 1.74. The summed E-state index contributed by atoms with van der Waals surface area (Å²) in [5.41, 5.74) is 0.937. The molecule has 2 aliphatic rings. The average Bonchev–Trinajstić information content (AvgIpc) is 3.52. The molecule has 1 saturated heterocycles. The lowest BCUT2D eigenvalue weighted by Crippen LogP contribution is -2.51. The summed E-state index contributed by atoms with van der Waals surface area (Å²) in [7, 11) is 4.65. The van der Waals surface area contributed by atoms with Gasteiger partial charge in [0.15, 0.2) is 0 Å². The minimum absolute atomic E-state index is 0.0484. The second-order valence-corrected chi connectivity index (χ2v) is 9.74. The molecule has 2 aromatic rings. The van der Waals surface area contributed by atoms with Crippen LogP contribution in [0.4, 0.5) is 4.39 Å². The van der Waals surface area contributed by atoms with Crippen molar-refractivity contribution in [3.63, 3.8) is 0 Å². The zero-order chi connectivity index (χ0) is 26.5. The number of hydrogen-bond acceptors (Lipinski definition) is 7. The number of rotatable bonds is 12. The topological polar surface area (TPSA) is 95.1 Å². The smallest absolute Gasteiger partial charge is 0.329 e. The lowest BCUT2D eigenvalue weighted by atomic mass is 9.94. The van der Waals surface area contributed by atoms with Gasteiger partial charge in [0.2, 0.25) is 5.91 Å². The third kappa shape index (κ3) is 6.40. The Morgan fingerprint density at radius 2 is 1.86 bits per heavy atom. The minimum Gasteiger partial charge on any atom is -0.497 e. The van der Waals surface area contributed by atoms with Crippen LogP contribution < -0.4 is 20.1 Å². The maximum atomic E-state index is 14.4. The van der Waals surface area contributed by atoms with Crippen LogP contribution in [0, 0.1) is 17.7 Å². The standard InChI is InChI=1S/C28H35FN2O6/c1-16(26(36-4)23-13-19-12-22(19)30-23)27(32)31-24(11-17-7-5-6-8-21(17)29)28(33)37-15-18-9-10-20(34-2)14-25(18)35-3/h5-10,14,16,19,22-24,26,30H,11-13,15H2,1-4H3,(H,31,32)/t16?,19-,22-,23?,24-,26?/m0/s1. The molecular formula is C28H35FN2O6. The predicted octanol–water partition coefficient (Wildman–Crippen LogP) is 3.02. The van der Waals surface area contributed by atoms with Crippen LogP contribution >= 0.6 is 0 Å². The monoisotopic (exact) mass is 514 g/mol. The van der Waals surface area contributed by atoms with Crippen molar-refractivity contribution in [2.24, 2.45) is 11.8 Å². The molecule has 2 N–H and O–H groups in total. The maximum Gasteiger partial charge on any atom is 0.329 e. The van der Waals surface area contributed by atoms with Crippen LogP contribution in [0.2, 0.25) is 0 Å². The molecule has 1 aliphatic heterocycles. The molecule has 2 aromatic carbocycles. The third-order valence-corrected chi connectivity index (χ3v) is 7.33. The van der Waals surface area contributed by atoms with Gasteiger partial charge in [-0.1, -0.05) is 25.1 Å². The summed E-state index contributed by atoms with van der Waals surface area (Å²) in [6.45, 7) is 1.70. The fraction of sp³-hybridized carbons (Fsp3) is 0.500. The molecule has 6 atom stereocenters. The van der Waals surface area contributed by atoms with E-state index >= 15 is 0 Å². The summed E-state index contributed by atoms with van der Waals surface area (Å²) in [4.78, 5) is 26.5. The molecule has 37 heavy (non-hydrogen) atoms. The summed E-state index contributed by atoms with van der Waals surface area (Å²) in [5.74, 6) is -0.254. The molecule has 0 radical (unpaired) electrons. The molecule has 4 rings (SSSR count). The Morgan fingerprint density at radius 3 is 2.51 bits per heavy atom. The van der Waals surface area contributed by atoms with Gasteiger partial charge >= 0.3 is 5.97 Å². The van der Waals surface area contributed by atoms with Crippen LogP contribution in [0.3, 0.4) is 0 Å². The van der Waals surface area contributed by atoms with E-state index in [9.17, 15) is 14.0 Å². The van der Waals surface area contributed by atoms with E-state index in [0.717, 1.165) is 6.42 Å². The SMILES string of the molecule is COc1ccc(COC(=O)[C@H](Cc2ccccc2F)NC(=O)C(C)C(OC)C2C[C@@H]3C[C@@H]3N2)c(OC)c1. The van der Waals surface area contributed by atoms with Crippen LogP contribution in [0.25, 0.3) is 0 Å². The van der Waals surface area contributed by atoms with Gasteiger partial charge in [0.05, 0.1) is 26.2 Å². The van der Waals surface area contributed by atoms with Crippen molar-refractivity contribution >= 4 is 11.9 Å². The highest BCUT2D eigenvalue weighted by Gasteiger charge is 2.49. The van der Waals surface area contributed by atoms with Crippen molar-refractivity contribution in [1.82, 2.24) is 10.6 Å². The molecule has 1 aliphatic carbocycles. The first kappa shape index (κ1) is 26.9. The van der Waals surface area contributed by atoms with Crippen LogP contribution in [0.1, 0.15) is 30.9 Å². The highest BCUT2D eigenvalue weighted by atomic mass is 19.1. The molecule has 0 bridgehead atoms. The molecule has 2 fully saturated rings. The van der Waals surface area contributed by atoms with Gasteiger partial charge in [0.25, 0.3) is 0 Å². The number of amides is 1. The Balaban J connectivity index is 1.46. The van der Waals surface area contributed by atoms with Crippen molar-refractivity contribution in [2.75, 3.05) is 21.3 Å². The Morgan fingerprint density at radius 1 is 1.08 bits per heavy atom. The third-order valence-electron chi connectivity index (χ3n) is 7.33. The average molecular weight is 515 g/mol. The number of carbonyl (C=O) groups excluding carboxylic acids is 2. The summed E-state index contributed by atoms with van der Waals surface area (Å²) >= 11 is 0. The number of carbonyl (C=O) groups is 2. The number of nitrogens with one attached hydrogen (secondary N) is 2. The van der Waals surface area contributed by atoms with E-state index < -0.39 is 23.7 Å². The lowest BCUT2D eigenvalue weighted by molar-refractivity contribution is -0.150. The number of piperidine rings is 1. The molecule has 9 heteroatoms. The van der Waals surface area contributed by atoms with Crippen LogP contribution in [0.5, 0.6) is 11.5 Å². The zero-order valence-corrected chi connectivity index (χ0v) is 21.7. The molecule has 1 heterocycles. The van der Waals surface area contributed by atoms with E-state index in [2.05, 4.69) is 10.6 Å². The van der Waals surface area contributed by atoms with Crippen molar-refractivity contribution < 1.29 is 32.9 Å². The normalized spacial score (nSPS) is 22.4. The lowest BCUT2D eigenvalue weighted by Gasteiger charge is -2.30. The first-order chi connectivity index (χ1) is 17.8. The number of hydrogen-bond donors (Lipinski definition) is 2. The molecular weight excluding hydrogens is 479 g/mol. The number of benzene rings is 2. The van der Waals surface area contributed by atoms with E-state index in [1.165, 1.54) is 19.6 Å². The maximum absolute atomic E-state index is 14.4. The largest absolute Gasteiger partial charge is 0.497 e. The highest BCUT2D eigenvalue weighted by Crippen LogP contribution is 2.42. The van der Waals surface area contributed by atoms with E-state index in [1.807, 2.05) is 0 Å². The Hall–Kier alpha value is -3.17. The van der Waals surface area contributed by atoms with Crippen molar-refractivity contribution in [2.45, 2.75) is 57.0 Å². The number of fused-ring (bicyclic) bond motifs is 1. The first-order valence-corrected chi connectivity index (χ1v) is 12.5. The Labute approximate surface area is 216 Å². The van der Waals surface area contributed by atoms with Crippen LogP contribution in [0.15, 0.2) is 42.5 Å². The molecule has 8 nitrogen and oxygen atoms in total. The summed E-state index contributed by atoms with van der Waals surface area (Å²) < 4.78 is 36.3. The van der Waals surface area contributed by atoms with E-state index in [1.54, 1.807) is 57.5 Å². The second kappa shape index (κ2) is 11.9. The summed E-state index contributed by atoms with van der Waals surface area (Å²) in [5, 5.41) is 6.33. The van der Waals surface area contributed by atoms with Gasteiger partial charge in [-0.2, -0.15) is 0 Å². The number of ether oxygens (including phenoxy) is 4. The predicted molar refractivity (Wildman–Crippen MR) is 135 cm³/mol. The molecule has 0 aromatic heterocycles. The van der Waals surface area contributed by atoms with Crippen molar-refractivity contribution in [3.8, 4) is 11.5 Å². The van der Waals surface area contributed by atoms with Crippen LogP contribution in [-0.4, -0.2) is 57.4 Å². The second-order valence-electron chi connectivity index (χ2n) is 9.74. The van der Waals surface area contributed by atoms with E-state index in [0.29, 0.717) is 34.6 Å². The molecule has 200 valence electrons. The number of methoxy groups -OCH3 is 3. The van der Waals surface area contributed by atoms with Crippen molar-refractivity contribution in [3.05, 3.63) is 59.4 Å².